The van der Waals surface area contributed by atoms with E-state index in [1.54, 1.807) is 0 Å². The lowest BCUT2D eigenvalue weighted by Crippen LogP contribution is -2.31. The number of aromatic nitrogens is 2. The first kappa shape index (κ1) is 13.4. The SMILES string of the molecule is CCNC(c1c(Br)cnn1CC)C1CCCS1. The van der Waals surface area contributed by atoms with Crippen molar-refractivity contribution in [3.05, 3.63) is 16.4 Å². The number of nitrogens with one attached hydrogen (secondary N) is 1. The molecule has 1 aromatic rings. The lowest BCUT2D eigenvalue weighted by Gasteiger charge is -2.25. The maximum atomic E-state index is 4.43. The van der Waals surface area contributed by atoms with Gasteiger partial charge in [-0.2, -0.15) is 16.9 Å². The molecule has 0 bridgehead atoms. The molecule has 2 rings (SSSR count). The molecule has 0 radical (unpaired) electrons. The highest BCUT2D eigenvalue weighted by Gasteiger charge is 2.30. The van der Waals surface area contributed by atoms with Crippen LogP contribution < -0.4 is 5.32 Å². The number of hydrogen-bond acceptors (Lipinski definition) is 3. The minimum Gasteiger partial charge on any atom is -0.308 e. The molecule has 1 aromatic heterocycles. The maximum Gasteiger partial charge on any atom is 0.0706 e. The highest BCUT2D eigenvalue weighted by molar-refractivity contribution is 9.10. The van der Waals surface area contributed by atoms with Crippen LogP contribution in [0.4, 0.5) is 0 Å². The third-order valence-electron chi connectivity index (χ3n) is 3.19. The number of halogens is 1. The van der Waals surface area contributed by atoms with Crippen molar-refractivity contribution < 1.29 is 0 Å². The molecule has 1 aliphatic rings. The van der Waals surface area contributed by atoms with E-state index < -0.39 is 0 Å². The van der Waals surface area contributed by atoms with Crippen LogP contribution in [0.3, 0.4) is 0 Å². The van der Waals surface area contributed by atoms with E-state index >= 15 is 0 Å². The van der Waals surface area contributed by atoms with Crippen molar-refractivity contribution in [3.8, 4) is 0 Å². The Kier molecular flexibility index (Phi) is 4.94. The summed E-state index contributed by atoms with van der Waals surface area (Å²) in [7, 11) is 0. The third-order valence-corrected chi connectivity index (χ3v) is 5.26. The predicted molar refractivity (Wildman–Crippen MR) is 77.5 cm³/mol. The Labute approximate surface area is 116 Å². The van der Waals surface area contributed by atoms with Crippen LogP contribution >= 0.6 is 27.7 Å². The van der Waals surface area contributed by atoms with Crippen molar-refractivity contribution in [2.45, 2.75) is 44.5 Å². The molecule has 17 heavy (non-hydrogen) atoms. The average molecular weight is 318 g/mol. The van der Waals surface area contributed by atoms with Gasteiger partial charge in [0.15, 0.2) is 0 Å². The molecule has 1 fully saturated rings. The zero-order valence-corrected chi connectivity index (χ0v) is 12.9. The van der Waals surface area contributed by atoms with Crippen LogP contribution in [0.2, 0.25) is 0 Å². The number of nitrogens with zero attached hydrogens (tertiary/aromatic N) is 2. The Morgan fingerprint density at radius 3 is 3.06 bits per heavy atom. The zero-order chi connectivity index (χ0) is 12.3. The van der Waals surface area contributed by atoms with E-state index in [1.807, 2.05) is 6.20 Å². The Hall–Kier alpha value is -0.000000000000000111. The van der Waals surface area contributed by atoms with Gasteiger partial charge in [0, 0.05) is 11.8 Å². The monoisotopic (exact) mass is 317 g/mol. The summed E-state index contributed by atoms with van der Waals surface area (Å²) in [5.74, 6) is 1.30. The molecule has 0 spiro atoms. The third kappa shape index (κ3) is 2.88. The lowest BCUT2D eigenvalue weighted by atomic mass is 10.1. The Morgan fingerprint density at radius 1 is 1.65 bits per heavy atom. The molecule has 0 saturated carbocycles. The molecule has 1 saturated heterocycles. The van der Waals surface area contributed by atoms with Gasteiger partial charge in [0.05, 0.1) is 22.4 Å². The summed E-state index contributed by atoms with van der Waals surface area (Å²) in [5, 5.41) is 8.75. The summed E-state index contributed by atoms with van der Waals surface area (Å²) in [6.45, 7) is 6.25. The summed E-state index contributed by atoms with van der Waals surface area (Å²) in [6, 6.07) is 0.421. The quantitative estimate of drug-likeness (QED) is 0.904. The molecular weight excluding hydrogens is 298 g/mol. The fourth-order valence-electron chi connectivity index (χ4n) is 2.42. The number of aryl methyl sites for hydroxylation is 1. The van der Waals surface area contributed by atoms with Gasteiger partial charge in [0.1, 0.15) is 0 Å². The largest absolute Gasteiger partial charge is 0.308 e. The summed E-state index contributed by atoms with van der Waals surface area (Å²) < 4.78 is 3.24. The summed E-state index contributed by atoms with van der Waals surface area (Å²) in [6.07, 6.45) is 4.57. The molecule has 1 N–H and O–H groups in total. The molecule has 3 nitrogen and oxygen atoms in total. The second kappa shape index (κ2) is 6.25. The minimum atomic E-state index is 0.421. The van der Waals surface area contributed by atoms with Crippen molar-refractivity contribution in [1.29, 1.82) is 0 Å². The first-order chi connectivity index (χ1) is 8.27. The van der Waals surface area contributed by atoms with Crippen molar-refractivity contribution >= 4 is 27.7 Å². The van der Waals surface area contributed by atoms with Gasteiger partial charge in [0.25, 0.3) is 0 Å². The van der Waals surface area contributed by atoms with Gasteiger partial charge in [0.2, 0.25) is 0 Å². The van der Waals surface area contributed by atoms with Crippen LogP contribution in [0, 0.1) is 0 Å². The van der Waals surface area contributed by atoms with Gasteiger partial charge in [-0.05, 0) is 48.0 Å². The fourth-order valence-corrected chi connectivity index (χ4v) is 4.35. The standard InChI is InChI=1S/C12H20BrN3S/c1-3-14-11(10-6-5-7-17-10)12-9(13)8-15-16(12)4-2/h8,10-11,14H,3-7H2,1-2H3. The Bertz CT molecular complexity index is 361. The molecule has 2 atom stereocenters. The van der Waals surface area contributed by atoms with E-state index in [2.05, 4.69) is 56.6 Å². The van der Waals surface area contributed by atoms with Crippen molar-refractivity contribution in [3.63, 3.8) is 0 Å². The van der Waals surface area contributed by atoms with Crippen LogP contribution in [0.25, 0.3) is 0 Å². The minimum absolute atomic E-state index is 0.421. The first-order valence-corrected chi connectivity index (χ1v) is 8.18. The van der Waals surface area contributed by atoms with E-state index in [0.29, 0.717) is 11.3 Å². The van der Waals surface area contributed by atoms with E-state index in [4.69, 9.17) is 0 Å². The van der Waals surface area contributed by atoms with Crippen molar-refractivity contribution in [2.24, 2.45) is 0 Å². The van der Waals surface area contributed by atoms with E-state index in [-0.39, 0.29) is 0 Å². The number of hydrogen-bond donors (Lipinski definition) is 1. The van der Waals surface area contributed by atoms with Gasteiger partial charge in [-0.25, -0.2) is 0 Å². The molecule has 0 aliphatic carbocycles. The highest BCUT2D eigenvalue weighted by atomic mass is 79.9. The van der Waals surface area contributed by atoms with Gasteiger partial charge in [-0.3, -0.25) is 4.68 Å². The molecule has 0 aromatic carbocycles. The summed E-state index contributed by atoms with van der Waals surface area (Å²) >= 11 is 5.74. The van der Waals surface area contributed by atoms with Gasteiger partial charge >= 0.3 is 0 Å². The van der Waals surface area contributed by atoms with E-state index in [1.165, 1.54) is 24.3 Å². The molecule has 1 aliphatic heterocycles. The normalized spacial score (nSPS) is 21.9. The number of thioether (sulfide) groups is 1. The van der Waals surface area contributed by atoms with Gasteiger partial charge in [-0.1, -0.05) is 6.92 Å². The molecule has 2 unspecified atom stereocenters. The van der Waals surface area contributed by atoms with E-state index in [9.17, 15) is 0 Å². The lowest BCUT2D eigenvalue weighted by molar-refractivity contribution is 0.469. The second-order valence-corrected chi connectivity index (χ2v) is 6.48. The van der Waals surface area contributed by atoms with Crippen molar-refractivity contribution in [1.82, 2.24) is 15.1 Å². The smallest absolute Gasteiger partial charge is 0.0706 e. The van der Waals surface area contributed by atoms with E-state index in [0.717, 1.165) is 17.6 Å². The molecule has 0 amide bonds. The molecule has 5 heteroatoms. The van der Waals surface area contributed by atoms with Gasteiger partial charge in [-0.15, -0.1) is 0 Å². The van der Waals surface area contributed by atoms with Crippen LogP contribution in [0.1, 0.15) is 38.4 Å². The second-order valence-electron chi connectivity index (χ2n) is 4.28. The topological polar surface area (TPSA) is 29.9 Å². The summed E-state index contributed by atoms with van der Waals surface area (Å²) in [4.78, 5) is 0. The average Bonchev–Trinajstić information content (AvgIpc) is 2.95. The molecule has 96 valence electrons. The Balaban J connectivity index is 2.27. The zero-order valence-electron chi connectivity index (χ0n) is 10.4. The van der Waals surface area contributed by atoms with Gasteiger partial charge < -0.3 is 5.32 Å². The fraction of sp³-hybridized carbons (Fsp3) is 0.750. The van der Waals surface area contributed by atoms with Crippen LogP contribution in [-0.2, 0) is 6.54 Å². The van der Waals surface area contributed by atoms with Crippen molar-refractivity contribution in [2.75, 3.05) is 12.3 Å². The van der Waals surface area contributed by atoms with Crippen LogP contribution in [0.5, 0.6) is 0 Å². The first-order valence-electron chi connectivity index (χ1n) is 6.34. The van der Waals surface area contributed by atoms with Crippen LogP contribution in [0.15, 0.2) is 10.7 Å². The predicted octanol–water partition coefficient (Wildman–Crippen LogP) is 3.21. The Morgan fingerprint density at radius 2 is 2.47 bits per heavy atom. The maximum absolute atomic E-state index is 4.43. The van der Waals surface area contributed by atoms with Crippen LogP contribution in [-0.4, -0.2) is 27.3 Å². The molecular formula is C12H20BrN3S. The molecule has 2 heterocycles. The number of rotatable bonds is 5. The highest BCUT2D eigenvalue weighted by Crippen LogP contribution is 2.38. The summed E-state index contributed by atoms with van der Waals surface area (Å²) in [5.41, 5.74) is 1.31.